The van der Waals surface area contributed by atoms with Gasteiger partial charge in [-0.3, -0.25) is 0 Å². The van der Waals surface area contributed by atoms with E-state index in [1.165, 1.54) is 12.3 Å². The van der Waals surface area contributed by atoms with Crippen molar-refractivity contribution in [3.8, 4) is 0 Å². The van der Waals surface area contributed by atoms with Crippen LogP contribution in [0.2, 0.25) is 0 Å². The van der Waals surface area contributed by atoms with Crippen molar-refractivity contribution in [3.05, 3.63) is 0 Å². The van der Waals surface area contributed by atoms with Gasteiger partial charge in [0.25, 0.3) is 0 Å². The van der Waals surface area contributed by atoms with Gasteiger partial charge < -0.3 is 0 Å². The van der Waals surface area contributed by atoms with Crippen molar-refractivity contribution in [2.45, 2.75) is 13.8 Å². The Morgan fingerprint density at radius 3 is 1.29 bits per heavy atom. The van der Waals surface area contributed by atoms with Crippen LogP contribution in [0.1, 0.15) is 13.8 Å². The van der Waals surface area contributed by atoms with E-state index in [-0.39, 0.29) is 0 Å². The van der Waals surface area contributed by atoms with E-state index in [9.17, 15) is 0 Å². The van der Waals surface area contributed by atoms with E-state index in [0.717, 1.165) is 0 Å². The Hall–Kier alpha value is 0.430. The molecule has 0 rings (SSSR count). The van der Waals surface area contributed by atoms with E-state index >= 15 is 0 Å². The molecule has 1 heteroatoms. The predicted molar refractivity (Wildman–Crippen MR) is 41.2 cm³/mol. The van der Waals surface area contributed by atoms with Gasteiger partial charge in [-0.2, -0.15) is 0 Å². The van der Waals surface area contributed by atoms with Gasteiger partial charge in [0.15, 0.2) is 0 Å². The first-order valence-electron chi connectivity index (χ1n) is 3.12. The Morgan fingerprint density at radius 2 is 1.29 bits per heavy atom. The fourth-order valence-electron chi connectivity index (χ4n) is 0.250. The maximum absolute atomic E-state index is 2.44. The third kappa shape index (κ3) is 3.05. The van der Waals surface area contributed by atoms with Crippen LogP contribution >= 0.6 is 7.26 Å². The third-order valence-corrected chi connectivity index (χ3v) is 5.74. The van der Waals surface area contributed by atoms with Gasteiger partial charge in [-0.05, 0) is 0 Å². The minimum absolute atomic E-state index is 0.651. The van der Waals surface area contributed by atoms with Gasteiger partial charge in [0, 0.05) is 0 Å². The van der Waals surface area contributed by atoms with E-state index in [1.54, 1.807) is 0 Å². The zero-order chi connectivity index (χ0) is 5.91. The molecule has 0 aliphatic heterocycles. The summed E-state index contributed by atoms with van der Waals surface area (Å²) in [6.07, 6.45) is 2.87. The third-order valence-electron chi connectivity index (χ3n) is 1.91. The molecule has 0 aliphatic carbocycles. The first kappa shape index (κ1) is 7.43. The van der Waals surface area contributed by atoms with Crippen molar-refractivity contribution in [1.29, 1.82) is 0 Å². The van der Waals surface area contributed by atoms with E-state index < -0.39 is 7.26 Å². The molecule has 0 fully saturated rings. The summed E-state index contributed by atoms with van der Waals surface area (Å²) in [5.41, 5.74) is 0. The fraction of sp³-hybridized carbons (Fsp3) is 1.00. The topological polar surface area (TPSA) is 0 Å². The molecular weight excluding hydrogens is 103 g/mol. The average molecular weight is 120 g/mol. The van der Waals surface area contributed by atoms with Crippen molar-refractivity contribution in [2.24, 2.45) is 0 Å². The minimum atomic E-state index is -0.651. The molecule has 0 spiro atoms. The van der Waals surface area contributed by atoms with E-state index in [1.807, 2.05) is 0 Å². The standard InChI is InChI=1S/C6H17P/c1-5-7(3,4)6-2/h7H,5-6H2,1-4H3. The van der Waals surface area contributed by atoms with Crippen LogP contribution in [-0.4, -0.2) is 25.7 Å². The average Bonchev–Trinajstić information content (AvgIpc) is 1.68. The van der Waals surface area contributed by atoms with Crippen LogP contribution < -0.4 is 0 Å². The molecule has 0 nitrogen and oxygen atoms in total. The zero-order valence-corrected chi connectivity index (χ0v) is 6.91. The molecule has 0 heterocycles. The molecule has 0 aliphatic rings. The van der Waals surface area contributed by atoms with E-state index in [0.29, 0.717) is 0 Å². The van der Waals surface area contributed by atoms with Crippen LogP contribution in [0.3, 0.4) is 0 Å². The molecular formula is C6H17P. The van der Waals surface area contributed by atoms with Crippen molar-refractivity contribution in [1.82, 2.24) is 0 Å². The second-order valence-corrected chi connectivity index (χ2v) is 8.61. The Morgan fingerprint density at radius 1 is 1.00 bits per heavy atom. The molecule has 0 aromatic heterocycles. The molecule has 0 saturated carbocycles. The van der Waals surface area contributed by atoms with Crippen molar-refractivity contribution >= 4 is 7.26 Å². The summed E-state index contributed by atoms with van der Waals surface area (Å²) in [4.78, 5) is 0. The maximum atomic E-state index is 2.44. The van der Waals surface area contributed by atoms with Crippen LogP contribution in [0, 0.1) is 0 Å². The molecule has 0 saturated heterocycles. The summed E-state index contributed by atoms with van der Waals surface area (Å²) in [6.45, 7) is 9.48. The summed E-state index contributed by atoms with van der Waals surface area (Å²) >= 11 is 0. The molecule has 0 atom stereocenters. The Bertz CT molecular complexity index is 42.1. The number of hydrogen-bond acceptors (Lipinski definition) is 0. The normalized spacial score (nSPS) is 14.3. The first-order chi connectivity index (χ1) is 3.12. The predicted octanol–water partition coefficient (Wildman–Crippen LogP) is 2.04. The molecule has 0 aromatic carbocycles. The second-order valence-electron chi connectivity index (χ2n) is 2.87. The van der Waals surface area contributed by atoms with Gasteiger partial charge in [-0.1, -0.05) is 0 Å². The molecule has 0 aromatic rings. The van der Waals surface area contributed by atoms with Crippen molar-refractivity contribution in [3.63, 3.8) is 0 Å². The molecule has 0 amide bonds. The molecule has 0 unspecified atom stereocenters. The SMILES string of the molecule is CC[PH](C)(C)CC. The van der Waals surface area contributed by atoms with Gasteiger partial charge in [-0.15, -0.1) is 0 Å². The van der Waals surface area contributed by atoms with Gasteiger partial charge in [-0.25, -0.2) is 0 Å². The number of hydrogen-bond donors (Lipinski definition) is 0. The van der Waals surface area contributed by atoms with Crippen LogP contribution in [0.5, 0.6) is 0 Å². The summed E-state index contributed by atoms with van der Waals surface area (Å²) in [5, 5.41) is 0. The first-order valence-corrected chi connectivity index (χ1v) is 6.54. The van der Waals surface area contributed by atoms with Gasteiger partial charge >= 0.3 is 46.8 Å². The van der Waals surface area contributed by atoms with Gasteiger partial charge in [0.2, 0.25) is 0 Å². The Labute approximate surface area is 47.6 Å². The van der Waals surface area contributed by atoms with Crippen LogP contribution in [0.4, 0.5) is 0 Å². The monoisotopic (exact) mass is 120 g/mol. The Kier molecular flexibility index (Phi) is 2.83. The number of rotatable bonds is 2. The summed E-state index contributed by atoms with van der Waals surface area (Å²) < 4.78 is 0. The van der Waals surface area contributed by atoms with Crippen LogP contribution in [0.15, 0.2) is 0 Å². The van der Waals surface area contributed by atoms with Crippen molar-refractivity contribution < 1.29 is 0 Å². The summed E-state index contributed by atoms with van der Waals surface area (Å²) in [5.74, 6) is 0. The van der Waals surface area contributed by atoms with Gasteiger partial charge in [0.1, 0.15) is 0 Å². The van der Waals surface area contributed by atoms with Crippen molar-refractivity contribution in [2.75, 3.05) is 25.7 Å². The Balaban J connectivity index is 3.36. The van der Waals surface area contributed by atoms with Gasteiger partial charge in [0.05, 0.1) is 0 Å². The van der Waals surface area contributed by atoms with Crippen LogP contribution in [0.25, 0.3) is 0 Å². The fourth-order valence-corrected chi connectivity index (χ4v) is 0.750. The molecule has 0 N–H and O–H groups in total. The van der Waals surface area contributed by atoms with E-state index in [4.69, 9.17) is 0 Å². The molecule has 46 valence electrons. The molecule has 7 heavy (non-hydrogen) atoms. The van der Waals surface area contributed by atoms with E-state index in [2.05, 4.69) is 27.2 Å². The molecule has 0 bridgehead atoms. The summed E-state index contributed by atoms with van der Waals surface area (Å²) in [6, 6.07) is 0. The zero-order valence-electron chi connectivity index (χ0n) is 5.91. The second kappa shape index (κ2) is 2.67. The quantitative estimate of drug-likeness (QED) is 0.489. The summed E-state index contributed by atoms with van der Waals surface area (Å²) in [7, 11) is -0.651. The van der Waals surface area contributed by atoms with Crippen LogP contribution in [-0.2, 0) is 0 Å². The molecule has 0 radical (unpaired) electrons.